The third-order valence-corrected chi connectivity index (χ3v) is 4.81. The summed E-state index contributed by atoms with van der Waals surface area (Å²) < 4.78 is 5.22. The highest BCUT2D eigenvalue weighted by Gasteiger charge is 2.20. The van der Waals surface area contributed by atoms with Crippen molar-refractivity contribution in [1.29, 1.82) is 0 Å². The average molecular weight is 310 g/mol. The van der Waals surface area contributed by atoms with E-state index in [1.54, 1.807) is 7.11 Å². The first-order chi connectivity index (χ1) is 11.3. The van der Waals surface area contributed by atoms with Gasteiger partial charge in [0.15, 0.2) is 0 Å². The van der Waals surface area contributed by atoms with E-state index in [0.717, 1.165) is 25.4 Å². The number of ether oxygens (including phenoxy) is 1. The minimum atomic E-state index is 0.629. The van der Waals surface area contributed by atoms with Gasteiger partial charge in [-0.05, 0) is 60.7 Å². The van der Waals surface area contributed by atoms with Crippen LogP contribution in [0.5, 0.6) is 5.75 Å². The molecular weight excluding hydrogens is 284 g/mol. The molecule has 1 aliphatic heterocycles. The lowest BCUT2D eigenvalue weighted by molar-refractivity contribution is 0.204. The highest BCUT2D eigenvalue weighted by Crippen LogP contribution is 2.29. The van der Waals surface area contributed by atoms with Crippen molar-refractivity contribution < 1.29 is 4.74 Å². The maximum Gasteiger partial charge on any atom is 0.118 e. The predicted molar refractivity (Wildman–Crippen MR) is 94.6 cm³/mol. The second-order valence-corrected chi connectivity index (χ2v) is 6.35. The average Bonchev–Trinajstić information content (AvgIpc) is 2.63. The molecule has 1 heterocycles. The molecule has 1 saturated heterocycles. The topological polar surface area (TPSA) is 38.5 Å². The summed E-state index contributed by atoms with van der Waals surface area (Å²) in [5.41, 5.74) is 9.81. The molecule has 23 heavy (non-hydrogen) atoms. The van der Waals surface area contributed by atoms with Gasteiger partial charge >= 0.3 is 0 Å². The first kappa shape index (κ1) is 16.0. The molecule has 0 spiro atoms. The van der Waals surface area contributed by atoms with Crippen molar-refractivity contribution in [1.82, 2.24) is 4.90 Å². The smallest absolute Gasteiger partial charge is 0.118 e. The third kappa shape index (κ3) is 4.12. The summed E-state index contributed by atoms with van der Waals surface area (Å²) in [7, 11) is 1.71. The summed E-state index contributed by atoms with van der Waals surface area (Å²) in [5, 5.41) is 0. The van der Waals surface area contributed by atoms with Gasteiger partial charge in [0.25, 0.3) is 0 Å². The molecule has 1 fully saturated rings. The molecule has 0 amide bonds. The molecule has 0 aliphatic carbocycles. The number of nitrogens with two attached hydrogens (primary N) is 1. The number of likely N-dealkylation sites (tertiary alicyclic amines) is 1. The molecule has 0 unspecified atom stereocenters. The van der Waals surface area contributed by atoms with Crippen LogP contribution in [0.4, 0.5) is 0 Å². The van der Waals surface area contributed by atoms with Crippen LogP contribution in [0.15, 0.2) is 48.5 Å². The second kappa shape index (κ2) is 7.62. The van der Waals surface area contributed by atoms with E-state index in [4.69, 9.17) is 10.5 Å². The van der Waals surface area contributed by atoms with Crippen molar-refractivity contribution in [2.45, 2.75) is 31.8 Å². The Balaban J connectivity index is 1.55. The first-order valence-corrected chi connectivity index (χ1v) is 8.42. The number of hydrogen-bond donors (Lipinski definition) is 1. The van der Waals surface area contributed by atoms with Gasteiger partial charge in [0.1, 0.15) is 5.75 Å². The minimum absolute atomic E-state index is 0.629. The van der Waals surface area contributed by atoms with Crippen LogP contribution in [-0.4, -0.2) is 25.1 Å². The molecule has 0 atom stereocenters. The maximum atomic E-state index is 5.76. The van der Waals surface area contributed by atoms with Gasteiger partial charge < -0.3 is 10.5 Å². The number of methoxy groups -OCH3 is 1. The zero-order chi connectivity index (χ0) is 16.1. The Labute approximate surface area is 139 Å². The highest BCUT2D eigenvalue weighted by molar-refractivity contribution is 5.28. The number of nitrogens with zero attached hydrogens (tertiary/aromatic N) is 1. The SMILES string of the molecule is COc1ccc(CN2CCC(c3cccc(CN)c3)CC2)cc1. The molecule has 2 N–H and O–H groups in total. The molecular formula is C20H26N2O. The van der Waals surface area contributed by atoms with Crippen LogP contribution >= 0.6 is 0 Å². The molecule has 0 radical (unpaired) electrons. The molecule has 3 nitrogen and oxygen atoms in total. The van der Waals surface area contributed by atoms with Gasteiger partial charge in [0.2, 0.25) is 0 Å². The van der Waals surface area contributed by atoms with Gasteiger partial charge in [-0.15, -0.1) is 0 Å². The molecule has 0 saturated carbocycles. The van der Waals surface area contributed by atoms with E-state index in [-0.39, 0.29) is 0 Å². The first-order valence-electron chi connectivity index (χ1n) is 8.42. The molecule has 3 rings (SSSR count). The van der Waals surface area contributed by atoms with Crippen molar-refractivity contribution in [3.8, 4) is 5.75 Å². The Morgan fingerprint density at radius 2 is 1.78 bits per heavy atom. The Kier molecular flexibility index (Phi) is 5.31. The second-order valence-electron chi connectivity index (χ2n) is 6.35. The van der Waals surface area contributed by atoms with Crippen LogP contribution in [0, 0.1) is 0 Å². The van der Waals surface area contributed by atoms with Crippen molar-refractivity contribution in [2.24, 2.45) is 5.73 Å². The summed E-state index contributed by atoms with van der Waals surface area (Å²) in [6.07, 6.45) is 2.45. The van der Waals surface area contributed by atoms with Crippen LogP contribution in [0.25, 0.3) is 0 Å². The lowest BCUT2D eigenvalue weighted by atomic mass is 9.88. The number of hydrogen-bond acceptors (Lipinski definition) is 3. The van der Waals surface area contributed by atoms with E-state index in [9.17, 15) is 0 Å². The molecule has 3 heteroatoms. The minimum Gasteiger partial charge on any atom is -0.497 e. The Bertz CT molecular complexity index is 616. The van der Waals surface area contributed by atoms with Gasteiger partial charge in [-0.1, -0.05) is 36.4 Å². The molecule has 0 bridgehead atoms. The van der Waals surface area contributed by atoms with Crippen LogP contribution in [0.1, 0.15) is 35.4 Å². The van der Waals surface area contributed by atoms with Crippen LogP contribution < -0.4 is 10.5 Å². The number of rotatable bonds is 5. The zero-order valence-corrected chi connectivity index (χ0v) is 13.9. The lowest BCUT2D eigenvalue weighted by Crippen LogP contribution is -2.32. The van der Waals surface area contributed by atoms with Gasteiger partial charge in [0, 0.05) is 13.1 Å². The monoisotopic (exact) mass is 310 g/mol. The van der Waals surface area contributed by atoms with Crippen LogP contribution in [-0.2, 0) is 13.1 Å². The van der Waals surface area contributed by atoms with Gasteiger partial charge in [-0.25, -0.2) is 0 Å². The lowest BCUT2D eigenvalue weighted by Gasteiger charge is -2.32. The largest absolute Gasteiger partial charge is 0.497 e. The van der Waals surface area contributed by atoms with Gasteiger partial charge in [-0.3, -0.25) is 4.90 Å². The summed E-state index contributed by atoms with van der Waals surface area (Å²) in [6, 6.07) is 17.2. The molecule has 2 aromatic carbocycles. The van der Waals surface area contributed by atoms with E-state index in [1.807, 2.05) is 12.1 Å². The number of piperidine rings is 1. The van der Waals surface area contributed by atoms with E-state index in [1.165, 1.54) is 29.5 Å². The van der Waals surface area contributed by atoms with Crippen LogP contribution in [0.3, 0.4) is 0 Å². The van der Waals surface area contributed by atoms with E-state index in [0.29, 0.717) is 12.5 Å². The Hall–Kier alpha value is -1.84. The molecule has 122 valence electrons. The van der Waals surface area contributed by atoms with Crippen molar-refractivity contribution in [2.75, 3.05) is 20.2 Å². The van der Waals surface area contributed by atoms with Crippen molar-refractivity contribution in [3.63, 3.8) is 0 Å². The summed E-state index contributed by atoms with van der Waals surface area (Å²) in [6.45, 7) is 3.97. The quantitative estimate of drug-likeness (QED) is 0.918. The van der Waals surface area contributed by atoms with E-state index < -0.39 is 0 Å². The maximum absolute atomic E-state index is 5.76. The van der Waals surface area contributed by atoms with Crippen LogP contribution in [0.2, 0.25) is 0 Å². The Morgan fingerprint density at radius 1 is 1.04 bits per heavy atom. The number of benzene rings is 2. The fraction of sp³-hybridized carbons (Fsp3) is 0.400. The predicted octanol–water partition coefficient (Wildman–Crippen LogP) is 3.53. The fourth-order valence-corrected chi connectivity index (χ4v) is 3.39. The molecule has 1 aliphatic rings. The van der Waals surface area contributed by atoms with Gasteiger partial charge in [0.05, 0.1) is 7.11 Å². The van der Waals surface area contributed by atoms with E-state index in [2.05, 4.69) is 41.3 Å². The standard InChI is InChI=1S/C20H26N2O/c1-23-20-7-5-16(6-8-20)15-22-11-9-18(10-12-22)19-4-2-3-17(13-19)14-21/h2-8,13,18H,9-12,14-15,21H2,1H3. The Morgan fingerprint density at radius 3 is 2.43 bits per heavy atom. The third-order valence-electron chi connectivity index (χ3n) is 4.81. The molecule has 2 aromatic rings. The molecule has 0 aromatic heterocycles. The van der Waals surface area contributed by atoms with Crippen molar-refractivity contribution in [3.05, 3.63) is 65.2 Å². The summed E-state index contributed by atoms with van der Waals surface area (Å²) in [5.74, 6) is 1.60. The normalized spacial score (nSPS) is 16.4. The summed E-state index contributed by atoms with van der Waals surface area (Å²) in [4.78, 5) is 2.55. The zero-order valence-electron chi connectivity index (χ0n) is 13.9. The van der Waals surface area contributed by atoms with E-state index >= 15 is 0 Å². The van der Waals surface area contributed by atoms with Crippen molar-refractivity contribution >= 4 is 0 Å². The van der Waals surface area contributed by atoms with Gasteiger partial charge in [-0.2, -0.15) is 0 Å². The fourth-order valence-electron chi connectivity index (χ4n) is 3.39. The summed E-state index contributed by atoms with van der Waals surface area (Å²) >= 11 is 0. The highest BCUT2D eigenvalue weighted by atomic mass is 16.5.